The monoisotopic (exact) mass is 297 g/mol. The van der Waals surface area contributed by atoms with Crippen LogP contribution in [0.25, 0.3) is 10.8 Å². The van der Waals surface area contributed by atoms with Crippen LogP contribution in [0.3, 0.4) is 0 Å². The molecule has 1 aromatic heterocycles. The zero-order chi connectivity index (χ0) is 14.8. The van der Waals surface area contributed by atoms with Gasteiger partial charge in [-0.3, -0.25) is 0 Å². The van der Waals surface area contributed by atoms with E-state index < -0.39 is 0 Å². The minimum absolute atomic E-state index is 1.03. The van der Waals surface area contributed by atoms with E-state index in [4.69, 9.17) is 0 Å². The van der Waals surface area contributed by atoms with E-state index in [0.717, 1.165) is 58.2 Å². The van der Waals surface area contributed by atoms with Gasteiger partial charge in [0, 0.05) is 69.6 Å². The summed E-state index contributed by atoms with van der Waals surface area (Å²) in [7, 11) is 0. The second kappa shape index (κ2) is 6.10. The Labute approximate surface area is 131 Å². The van der Waals surface area contributed by atoms with Crippen LogP contribution in [0.2, 0.25) is 0 Å². The van der Waals surface area contributed by atoms with Gasteiger partial charge in [-0.25, -0.2) is 4.98 Å². The topological polar surface area (TPSA) is 43.4 Å². The molecular formula is C17H23N5. The molecule has 0 bridgehead atoms. The van der Waals surface area contributed by atoms with Crippen LogP contribution in [0.15, 0.2) is 30.5 Å². The summed E-state index contributed by atoms with van der Waals surface area (Å²) in [6, 6.07) is 8.94. The van der Waals surface area contributed by atoms with E-state index in [2.05, 4.69) is 49.7 Å². The highest BCUT2D eigenvalue weighted by molar-refractivity contribution is 5.94. The number of rotatable bonds is 2. The second-order valence-electron chi connectivity index (χ2n) is 6.01. The third-order valence-electron chi connectivity index (χ3n) is 4.63. The first-order valence-electron chi connectivity index (χ1n) is 8.22. The van der Waals surface area contributed by atoms with Crippen LogP contribution >= 0.6 is 0 Å². The first-order valence-corrected chi connectivity index (χ1v) is 8.22. The van der Waals surface area contributed by atoms with Crippen molar-refractivity contribution < 1.29 is 0 Å². The second-order valence-corrected chi connectivity index (χ2v) is 6.01. The van der Waals surface area contributed by atoms with Gasteiger partial charge in [0.2, 0.25) is 0 Å². The summed E-state index contributed by atoms with van der Waals surface area (Å²) >= 11 is 0. The molecule has 2 aliphatic heterocycles. The van der Waals surface area contributed by atoms with Gasteiger partial charge in [-0.15, -0.1) is 0 Å². The Kier molecular flexibility index (Phi) is 3.83. The normalized spacial score (nSPS) is 19.6. The molecule has 2 aliphatic rings. The van der Waals surface area contributed by atoms with Gasteiger partial charge in [-0.1, -0.05) is 0 Å². The lowest BCUT2D eigenvalue weighted by Crippen LogP contribution is -2.44. The number of anilines is 2. The van der Waals surface area contributed by atoms with E-state index >= 15 is 0 Å². The van der Waals surface area contributed by atoms with Gasteiger partial charge in [-0.2, -0.15) is 0 Å². The van der Waals surface area contributed by atoms with Gasteiger partial charge in [0.1, 0.15) is 5.82 Å². The summed E-state index contributed by atoms with van der Waals surface area (Å²) in [6.45, 7) is 8.45. The number of hydrogen-bond donors (Lipinski definition) is 2. The summed E-state index contributed by atoms with van der Waals surface area (Å²) in [5, 5.41) is 9.37. The van der Waals surface area contributed by atoms with Crippen molar-refractivity contribution in [1.29, 1.82) is 0 Å². The molecule has 116 valence electrons. The highest BCUT2D eigenvalue weighted by Crippen LogP contribution is 2.28. The first kappa shape index (κ1) is 13.8. The quantitative estimate of drug-likeness (QED) is 0.867. The van der Waals surface area contributed by atoms with Crippen molar-refractivity contribution in [3.63, 3.8) is 0 Å². The molecule has 2 fully saturated rings. The molecule has 0 saturated carbocycles. The molecule has 5 nitrogen and oxygen atoms in total. The van der Waals surface area contributed by atoms with Gasteiger partial charge < -0.3 is 20.4 Å². The van der Waals surface area contributed by atoms with Crippen LogP contribution in [-0.2, 0) is 0 Å². The van der Waals surface area contributed by atoms with Crippen molar-refractivity contribution in [2.24, 2.45) is 0 Å². The van der Waals surface area contributed by atoms with E-state index in [9.17, 15) is 0 Å². The van der Waals surface area contributed by atoms with Crippen LogP contribution in [0.4, 0.5) is 11.5 Å². The molecule has 4 rings (SSSR count). The van der Waals surface area contributed by atoms with Crippen LogP contribution in [0.5, 0.6) is 0 Å². The average molecular weight is 297 g/mol. The first-order chi connectivity index (χ1) is 10.9. The number of nitrogens with zero attached hydrogens (tertiary/aromatic N) is 3. The highest BCUT2D eigenvalue weighted by Gasteiger charge is 2.16. The van der Waals surface area contributed by atoms with Crippen LogP contribution in [0, 0.1) is 0 Å². The molecule has 1 aromatic carbocycles. The Morgan fingerprint density at radius 1 is 0.818 bits per heavy atom. The molecule has 0 unspecified atom stereocenters. The van der Waals surface area contributed by atoms with E-state index in [-0.39, 0.29) is 0 Å². The third kappa shape index (κ3) is 2.62. The molecule has 0 spiro atoms. The number of pyridine rings is 1. The predicted octanol–water partition coefficient (Wildman–Crippen LogP) is 1.05. The van der Waals surface area contributed by atoms with Crippen molar-refractivity contribution in [2.45, 2.75) is 0 Å². The minimum atomic E-state index is 1.03. The van der Waals surface area contributed by atoms with Crippen molar-refractivity contribution in [3.05, 3.63) is 30.5 Å². The molecule has 3 heterocycles. The fourth-order valence-electron chi connectivity index (χ4n) is 3.40. The number of nitrogens with one attached hydrogen (secondary N) is 2. The van der Waals surface area contributed by atoms with Gasteiger partial charge in [0.25, 0.3) is 0 Å². The van der Waals surface area contributed by atoms with Gasteiger partial charge in [-0.05, 0) is 29.7 Å². The molecule has 2 N–H and O–H groups in total. The number of piperazine rings is 2. The molecular weight excluding hydrogens is 274 g/mol. The molecule has 0 aliphatic carbocycles. The Balaban J connectivity index is 1.68. The molecule has 2 saturated heterocycles. The summed E-state index contributed by atoms with van der Waals surface area (Å²) in [5.41, 5.74) is 1.33. The Bertz CT molecular complexity index is 645. The van der Waals surface area contributed by atoms with Crippen molar-refractivity contribution in [2.75, 3.05) is 62.2 Å². The van der Waals surface area contributed by atoms with Crippen molar-refractivity contribution in [1.82, 2.24) is 15.6 Å². The maximum absolute atomic E-state index is 4.65. The van der Waals surface area contributed by atoms with Crippen LogP contribution in [0.1, 0.15) is 0 Å². The van der Waals surface area contributed by atoms with Crippen molar-refractivity contribution >= 4 is 22.3 Å². The fraction of sp³-hybridized carbons (Fsp3) is 0.471. The van der Waals surface area contributed by atoms with Crippen molar-refractivity contribution in [3.8, 4) is 0 Å². The lowest BCUT2D eigenvalue weighted by Gasteiger charge is -2.31. The molecule has 0 amide bonds. The highest BCUT2D eigenvalue weighted by atomic mass is 15.2. The Hall–Kier alpha value is -1.85. The molecule has 0 radical (unpaired) electrons. The predicted molar refractivity (Wildman–Crippen MR) is 91.9 cm³/mol. The Morgan fingerprint density at radius 3 is 2.23 bits per heavy atom. The maximum Gasteiger partial charge on any atom is 0.136 e. The fourth-order valence-corrected chi connectivity index (χ4v) is 3.40. The summed E-state index contributed by atoms with van der Waals surface area (Å²) in [5.74, 6) is 1.13. The standard InChI is InChI=1S/C17H23N5/c1-2-16-14(13-15(1)21-9-5-18-6-10-21)3-4-20-17(16)22-11-7-19-8-12-22/h1-4,13,18-19H,5-12H2. The molecule has 0 atom stereocenters. The number of fused-ring (bicyclic) bond motifs is 1. The van der Waals surface area contributed by atoms with Gasteiger partial charge in [0.05, 0.1) is 0 Å². The molecule has 2 aromatic rings. The SMILES string of the molecule is c1cc2cc(N3CCNCC3)ccc2c(N2CCNCC2)n1. The largest absolute Gasteiger partial charge is 0.369 e. The Morgan fingerprint density at radius 2 is 1.50 bits per heavy atom. The number of aromatic nitrogens is 1. The summed E-state index contributed by atoms with van der Waals surface area (Å²) < 4.78 is 0. The van der Waals surface area contributed by atoms with E-state index in [1.54, 1.807) is 0 Å². The number of hydrogen-bond acceptors (Lipinski definition) is 5. The minimum Gasteiger partial charge on any atom is -0.369 e. The van der Waals surface area contributed by atoms with Crippen LogP contribution in [-0.4, -0.2) is 57.3 Å². The summed E-state index contributed by atoms with van der Waals surface area (Å²) in [6.07, 6.45) is 1.95. The average Bonchev–Trinajstić information content (AvgIpc) is 2.62. The maximum atomic E-state index is 4.65. The van der Waals surface area contributed by atoms with Crippen LogP contribution < -0.4 is 20.4 Å². The summed E-state index contributed by atoms with van der Waals surface area (Å²) in [4.78, 5) is 9.50. The zero-order valence-corrected chi connectivity index (χ0v) is 12.9. The van der Waals surface area contributed by atoms with Gasteiger partial charge in [0.15, 0.2) is 0 Å². The van der Waals surface area contributed by atoms with E-state index in [1.807, 2.05) is 6.20 Å². The third-order valence-corrected chi connectivity index (χ3v) is 4.63. The van der Waals surface area contributed by atoms with E-state index in [1.165, 1.54) is 16.5 Å². The molecule has 5 heteroatoms. The van der Waals surface area contributed by atoms with Gasteiger partial charge >= 0.3 is 0 Å². The van der Waals surface area contributed by atoms with E-state index in [0.29, 0.717) is 0 Å². The number of benzene rings is 1. The lowest BCUT2D eigenvalue weighted by molar-refractivity contribution is 0.586. The smallest absolute Gasteiger partial charge is 0.136 e. The lowest BCUT2D eigenvalue weighted by atomic mass is 10.1. The zero-order valence-electron chi connectivity index (χ0n) is 12.9. The molecule has 22 heavy (non-hydrogen) atoms.